The molecule has 0 radical (unpaired) electrons. The molecule has 36 heavy (non-hydrogen) atoms. The molecule has 1 spiro atoms. The van der Waals surface area contributed by atoms with Crippen molar-refractivity contribution in [1.29, 1.82) is 5.26 Å². The molecule has 180 valence electrons. The third-order valence-corrected chi connectivity index (χ3v) is 8.36. The van der Waals surface area contributed by atoms with Gasteiger partial charge in [0.2, 0.25) is 0 Å². The fraction of sp³-hybridized carbons (Fsp3) is 0.370. The summed E-state index contributed by atoms with van der Waals surface area (Å²) < 4.78 is 0. The third-order valence-electron chi connectivity index (χ3n) is 8.36. The van der Waals surface area contributed by atoms with Crippen LogP contribution < -0.4 is 15.5 Å². The summed E-state index contributed by atoms with van der Waals surface area (Å²) in [7, 11) is 0. The quantitative estimate of drug-likeness (QED) is 0.449. The number of rotatable bonds is 2. The largest absolute Gasteiger partial charge is 0.355 e. The Morgan fingerprint density at radius 1 is 1.11 bits per heavy atom. The molecule has 3 aromatic heterocycles. The Hall–Kier alpha value is -4.03. The predicted octanol–water partition coefficient (Wildman–Crippen LogP) is 3.55. The fourth-order valence-electron chi connectivity index (χ4n) is 6.43. The summed E-state index contributed by atoms with van der Waals surface area (Å²) in [6.45, 7) is 2.60. The molecule has 4 aromatic rings. The molecule has 1 aromatic carbocycles. The van der Waals surface area contributed by atoms with E-state index in [9.17, 15) is 5.26 Å². The van der Waals surface area contributed by atoms with Gasteiger partial charge in [-0.05, 0) is 66.8 Å². The Bertz CT molecular complexity index is 1510. The first-order chi connectivity index (χ1) is 17.7. The van der Waals surface area contributed by atoms with Gasteiger partial charge in [0, 0.05) is 31.9 Å². The number of nitrogens with two attached hydrogens (primary N) is 1. The van der Waals surface area contributed by atoms with E-state index < -0.39 is 0 Å². The molecule has 2 aliphatic heterocycles. The second-order valence-electron chi connectivity index (χ2n) is 10.2. The number of hydrogen-bond donors (Lipinski definition) is 2. The summed E-state index contributed by atoms with van der Waals surface area (Å²) in [5.41, 5.74) is 13.5. The summed E-state index contributed by atoms with van der Waals surface area (Å²) in [5, 5.41) is 17.3. The minimum Gasteiger partial charge on any atom is -0.355 e. The van der Waals surface area contributed by atoms with Crippen LogP contribution in [0, 0.1) is 16.7 Å². The molecule has 1 atom stereocenters. The first kappa shape index (κ1) is 21.3. The number of hydrogen-bond acceptors (Lipinski definition) is 8. The summed E-state index contributed by atoms with van der Waals surface area (Å²) in [5.74, 6) is 1.66. The van der Waals surface area contributed by atoms with Crippen molar-refractivity contribution in [3.05, 3.63) is 65.1 Å². The number of nitrogens with zero attached hydrogens (tertiary/aromatic N) is 7. The maximum absolute atomic E-state index is 9.57. The highest BCUT2D eigenvalue weighted by atomic mass is 15.3. The molecule has 5 heterocycles. The van der Waals surface area contributed by atoms with E-state index in [1.807, 2.05) is 30.6 Å². The van der Waals surface area contributed by atoms with Gasteiger partial charge in [0.1, 0.15) is 5.82 Å². The molecular weight excluding hydrogens is 450 g/mol. The van der Waals surface area contributed by atoms with E-state index in [1.54, 1.807) is 0 Å². The van der Waals surface area contributed by atoms with Crippen LogP contribution in [0.1, 0.15) is 47.7 Å². The highest BCUT2D eigenvalue weighted by Crippen LogP contribution is 2.51. The van der Waals surface area contributed by atoms with Crippen molar-refractivity contribution in [2.24, 2.45) is 11.1 Å². The topological polar surface area (TPSA) is 124 Å². The molecular formula is C27H27N9. The van der Waals surface area contributed by atoms with Crippen LogP contribution in [0.25, 0.3) is 11.2 Å². The third kappa shape index (κ3) is 3.11. The van der Waals surface area contributed by atoms with E-state index in [4.69, 9.17) is 15.7 Å². The van der Waals surface area contributed by atoms with E-state index in [1.165, 1.54) is 5.56 Å². The van der Waals surface area contributed by atoms with Gasteiger partial charge in [0.05, 0.1) is 29.2 Å². The zero-order valence-corrected chi connectivity index (χ0v) is 20.0. The Morgan fingerprint density at radius 2 is 2.00 bits per heavy atom. The van der Waals surface area contributed by atoms with Crippen LogP contribution in [0.2, 0.25) is 0 Å². The second-order valence-corrected chi connectivity index (χ2v) is 10.2. The summed E-state index contributed by atoms with van der Waals surface area (Å²) >= 11 is 0. The Balaban J connectivity index is 1.13. The number of aromatic nitrogens is 5. The number of nitriles is 1. The lowest BCUT2D eigenvalue weighted by atomic mass is 9.73. The van der Waals surface area contributed by atoms with Gasteiger partial charge in [-0.2, -0.15) is 10.4 Å². The van der Waals surface area contributed by atoms with Crippen LogP contribution in [0.5, 0.6) is 0 Å². The molecule has 3 N–H and O–H groups in total. The van der Waals surface area contributed by atoms with Gasteiger partial charge in [-0.3, -0.25) is 10.1 Å². The lowest BCUT2D eigenvalue weighted by molar-refractivity contribution is 0.187. The Kier molecular flexibility index (Phi) is 4.73. The van der Waals surface area contributed by atoms with Crippen molar-refractivity contribution in [2.45, 2.75) is 38.1 Å². The van der Waals surface area contributed by atoms with Gasteiger partial charge in [0.15, 0.2) is 17.0 Å². The standard InChI is InChI=1S/C27H27N9/c28-15-18-5-1-4-17-14-27(24(29)22(17)18)8-12-35(13-9-27)21-16-31-23-25(32-21)33-34-26(23)36-11-3-6-19-20(36)7-2-10-30-19/h1-2,4-5,7,10,16,24H,3,6,8-9,11-14,29H2,(H,32,33,34)/t24-/m1/s1. The van der Waals surface area contributed by atoms with E-state index in [-0.39, 0.29) is 11.5 Å². The number of benzene rings is 1. The van der Waals surface area contributed by atoms with E-state index in [0.717, 1.165) is 91.4 Å². The molecule has 3 aliphatic rings. The highest BCUT2D eigenvalue weighted by molar-refractivity contribution is 5.87. The number of pyridine rings is 1. The molecule has 9 nitrogen and oxygen atoms in total. The van der Waals surface area contributed by atoms with Gasteiger partial charge < -0.3 is 15.5 Å². The average Bonchev–Trinajstić information content (AvgIpc) is 3.47. The summed E-state index contributed by atoms with van der Waals surface area (Å²) in [4.78, 5) is 18.7. The van der Waals surface area contributed by atoms with E-state index >= 15 is 0 Å². The smallest absolute Gasteiger partial charge is 0.183 e. The molecule has 1 fully saturated rings. The van der Waals surface area contributed by atoms with Gasteiger partial charge in [-0.15, -0.1) is 0 Å². The van der Waals surface area contributed by atoms with Gasteiger partial charge in [-0.25, -0.2) is 9.97 Å². The number of aromatic amines is 1. The molecule has 0 saturated carbocycles. The van der Waals surface area contributed by atoms with Gasteiger partial charge in [0.25, 0.3) is 0 Å². The van der Waals surface area contributed by atoms with Gasteiger partial charge >= 0.3 is 0 Å². The zero-order valence-electron chi connectivity index (χ0n) is 20.0. The Morgan fingerprint density at radius 3 is 2.86 bits per heavy atom. The molecule has 1 aliphatic carbocycles. The lowest BCUT2D eigenvalue weighted by Gasteiger charge is -2.42. The van der Waals surface area contributed by atoms with Crippen LogP contribution in [0.3, 0.4) is 0 Å². The molecule has 9 heteroatoms. The number of fused-ring (bicyclic) bond motifs is 3. The normalized spacial score (nSPS) is 20.4. The van der Waals surface area contributed by atoms with Crippen LogP contribution >= 0.6 is 0 Å². The SMILES string of the molecule is N#Cc1cccc2c1[C@@H](N)C1(CCN(c3cnc4c(N5CCCc6ncccc65)n[nH]c4n3)CC1)C2. The van der Waals surface area contributed by atoms with Crippen LogP contribution in [0.4, 0.5) is 17.3 Å². The molecule has 1 saturated heterocycles. The predicted molar refractivity (Wildman–Crippen MR) is 137 cm³/mol. The Labute approximate surface area is 209 Å². The maximum Gasteiger partial charge on any atom is 0.183 e. The maximum atomic E-state index is 9.57. The summed E-state index contributed by atoms with van der Waals surface area (Å²) in [6, 6.07) is 12.3. The second kappa shape index (κ2) is 8.00. The molecule has 0 unspecified atom stereocenters. The van der Waals surface area contributed by atoms with Crippen molar-refractivity contribution in [1.82, 2.24) is 25.1 Å². The number of H-pyrrole nitrogens is 1. The van der Waals surface area contributed by atoms with E-state index in [0.29, 0.717) is 5.65 Å². The van der Waals surface area contributed by atoms with E-state index in [2.05, 4.69) is 43.2 Å². The number of piperidine rings is 1. The van der Waals surface area contributed by atoms with Crippen molar-refractivity contribution in [3.8, 4) is 6.07 Å². The average molecular weight is 478 g/mol. The number of nitrogens with one attached hydrogen (secondary N) is 1. The van der Waals surface area contributed by atoms with Crippen molar-refractivity contribution in [3.63, 3.8) is 0 Å². The molecule has 0 bridgehead atoms. The molecule has 7 rings (SSSR count). The minimum atomic E-state index is -0.101. The van der Waals surface area contributed by atoms with Gasteiger partial charge in [-0.1, -0.05) is 12.1 Å². The number of aryl methyl sites for hydroxylation is 1. The first-order valence-corrected chi connectivity index (χ1v) is 12.6. The zero-order chi connectivity index (χ0) is 24.3. The minimum absolute atomic E-state index is 0.000161. The summed E-state index contributed by atoms with van der Waals surface area (Å²) in [6.07, 6.45) is 8.57. The van der Waals surface area contributed by atoms with Crippen molar-refractivity contribution in [2.75, 3.05) is 29.4 Å². The van der Waals surface area contributed by atoms with Crippen molar-refractivity contribution >= 4 is 28.5 Å². The van der Waals surface area contributed by atoms with Crippen LogP contribution in [0.15, 0.2) is 42.7 Å². The van der Waals surface area contributed by atoms with Crippen LogP contribution in [-0.4, -0.2) is 44.8 Å². The number of anilines is 3. The van der Waals surface area contributed by atoms with Crippen LogP contribution in [-0.2, 0) is 12.8 Å². The monoisotopic (exact) mass is 477 g/mol. The fourth-order valence-corrected chi connectivity index (χ4v) is 6.43. The first-order valence-electron chi connectivity index (χ1n) is 12.6. The highest BCUT2D eigenvalue weighted by Gasteiger charge is 2.47. The molecule has 0 amide bonds. The lowest BCUT2D eigenvalue weighted by Crippen LogP contribution is -2.44. The van der Waals surface area contributed by atoms with Crippen molar-refractivity contribution < 1.29 is 0 Å².